The van der Waals surface area contributed by atoms with Crippen LogP contribution < -0.4 is 0 Å². The van der Waals surface area contributed by atoms with E-state index < -0.39 is 0 Å². The second kappa shape index (κ2) is 7.40. The average Bonchev–Trinajstić information content (AvgIpc) is 2.74. The quantitative estimate of drug-likeness (QED) is 0.469. The normalized spacial score (nSPS) is 21.4. The molecule has 1 aliphatic rings. The van der Waals surface area contributed by atoms with Crippen molar-refractivity contribution in [2.75, 3.05) is 0 Å². The molecule has 128 valence electrons. The van der Waals surface area contributed by atoms with E-state index in [1.54, 1.807) is 0 Å². The number of rotatable bonds is 3. The molecular formula is C24H21NO. The number of allylic oxidation sites excluding steroid dienone is 2. The van der Waals surface area contributed by atoms with Crippen molar-refractivity contribution in [2.24, 2.45) is 5.16 Å². The van der Waals surface area contributed by atoms with Gasteiger partial charge in [-0.15, -0.1) is 0 Å². The van der Waals surface area contributed by atoms with Gasteiger partial charge in [-0.1, -0.05) is 96.2 Å². The summed E-state index contributed by atoms with van der Waals surface area (Å²) >= 11 is 0. The Morgan fingerprint density at radius 1 is 0.692 bits per heavy atom. The minimum Gasteiger partial charge on any atom is -0.411 e. The molecule has 4 rings (SSSR count). The van der Waals surface area contributed by atoms with Gasteiger partial charge in [0.1, 0.15) is 0 Å². The Balaban J connectivity index is 1.90. The molecule has 0 aromatic heterocycles. The van der Waals surface area contributed by atoms with Gasteiger partial charge in [0.25, 0.3) is 0 Å². The highest BCUT2D eigenvalue weighted by Gasteiger charge is 2.33. The SMILES string of the molecule is O/N=C1\C=C(c2ccccc2)[C@H](c2ccccc2)[C@@H](c2ccccc2)C1. The van der Waals surface area contributed by atoms with Crippen molar-refractivity contribution in [1.82, 2.24) is 0 Å². The molecule has 0 aliphatic heterocycles. The molecule has 26 heavy (non-hydrogen) atoms. The molecule has 3 aromatic rings. The molecule has 0 heterocycles. The van der Waals surface area contributed by atoms with Crippen LogP contribution in [0.4, 0.5) is 0 Å². The van der Waals surface area contributed by atoms with Gasteiger partial charge in [0, 0.05) is 18.3 Å². The lowest BCUT2D eigenvalue weighted by Crippen LogP contribution is -2.22. The van der Waals surface area contributed by atoms with Crippen molar-refractivity contribution in [3.63, 3.8) is 0 Å². The maximum atomic E-state index is 9.52. The monoisotopic (exact) mass is 339 g/mol. The summed E-state index contributed by atoms with van der Waals surface area (Å²) < 4.78 is 0. The van der Waals surface area contributed by atoms with Gasteiger partial charge in [0.2, 0.25) is 0 Å². The molecule has 3 aromatic carbocycles. The molecule has 2 atom stereocenters. The summed E-state index contributed by atoms with van der Waals surface area (Å²) in [5.74, 6) is 0.441. The summed E-state index contributed by atoms with van der Waals surface area (Å²) in [6.45, 7) is 0. The van der Waals surface area contributed by atoms with Crippen LogP contribution in [0.3, 0.4) is 0 Å². The smallest absolute Gasteiger partial charge is 0.0805 e. The zero-order valence-corrected chi connectivity index (χ0v) is 14.5. The molecule has 0 amide bonds. The first kappa shape index (κ1) is 16.3. The molecule has 0 fully saturated rings. The van der Waals surface area contributed by atoms with Crippen molar-refractivity contribution in [3.05, 3.63) is 114 Å². The number of nitrogens with zero attached hydrogens (tertiary/aromatic N) is 1. The van der Waals surface area contributed by atoms with Gasteiger partial charge < -0.3 is 5.21 Å². The van der Waals surface area contributed by atoms with Crippen LogP contribution in [-0.4, -0.2) is 10.9 Å². The fourth-order valence-corrected chi connectivity index (χ4v) is 3.93. The zero-order chi connectivity index (χ0) is 17.8. The van der Waals surface area contributed by atoms with Gasteiger partial charge in [-0.25, -0.2) is 0 Å². The van der Waals surface area contributed by atoms with Crippen molar-refractivity contribution < 1.29 is 5.21 Å². The first-order chi connectivity index (χ1) is 12.9. The predicted molar refractivity (Wildman–Crippen MR) is 107 cm³/mol. The number of hydrogen-bond acceptors (Lipinski definition) is 2. The summed E-state index contributed by atoms with van der Waals surface area (Å²) in [5.41, 5.74) is 5.65. The first-order valence-corrected chi connectivity index (χ1v) is 8.94. The Kier molecular flexibility index (Phi) is 4.65. The van der Waals surface area contributed by atoms with E-state index in [4.69, 9.17) is 0 Å². The topological polar surface area (TPSA) is 32.6 Å². The zero-order valence-electron chi connectivity index (χ0n) is 14.5. The molecule has 0 bridgehead atoms. The third-order valence-corrected chi connectivity index (χ3v) is 5.11. The van der Waals surface area contributed by atoms with Gasteiger partial charge in [-0.2, -0.15) is 0 Å². The third-order valence-electron chi connectivity index (χ3n) is 5.11. The number of benzene rings is 3. The molecule has 1 N–H and O–H groups in total. The largest absolute Gasteiger partial charge is 0.411 e. The molecular weight excluding hydrogens is 318 g/mol. The van der Waals surface area contributed by atoms with Crippen molar-refractivity contribution in [3.8, 4) is 0 Å². The molecule has 0 radical (unpaired) electrons. The predicted octanol–water partition coefficient (Wildman–Crippen LogP) is 5.87. The maximum absolute atomic E-state index is 9.52. The van der Waals surface area contributed by atoms with Gasteiger partial charge in [0.15, 0.2) is 0 Å². The van der Waals surface area contributed by atoms with E-state index >= 15 is 0 Å². The van der Waals surface area contributed by atoms with Crippen LogP contribution in [0.25, 0.3) is 5.57 Å². The van der Waals surface area contributed by atoms with Crippen LogP contribution in [0, 0.1) is 0 Å². The third kappa shape index (κ3) is 3.18. The Labute approximate surface area is 154 Å². The van der Waals surface area contributed by atoms with Crippen molar-refractivity contribution in [2.45, 2.75) is 18.3 Å². The Hall–Kier alpha value is -3.13. The lowest BCUT2D eigenvalue weighted by atomic mass is 9.69. The molecule has 2 heteroatoms. The van der Waals surface area contributed by atoms with E-state index in [0.29, 0.717) is 0 Å². The Morgan fingerprint density at radius 2 is 1.23 bits per heavy atom. The highest BCUT2D eigenvalue weighted by molar-refractivity contribution is 6.04. The summed E-state index contributed by atoms with van der Waals surface area (Å²) in [6.07, 6.45) is 2.77. The fourth-order valence-electron chi connectivity index (χ4n) is 3.93. The van der Waals surface area contributed by atoms with E-state index in [9.17, 15) is 5.21 Å². The van der Waals surface area contributed by atoms with Crippen LogP contribution >= 0.6 is 0 Å². The van der Waals surface area contributed by atoms with Crippen LogP contribution in [0.1, 0.15) is 34.9 Å². The number of oxime groups is 1. The molecule has 0 saturated carbocycles. The molecule has 2 nitrogen and oxygen atoms in total. The molecule has 0 unspecified atom stereocenters. The summed E-state index contributed by atoms with van der Waals surface area (Å²) in [6, 6.07) is 31.6. The second-order valence-corrected chi connectivity index (χ2v) is 6.67. The van der Waals surface area contributed by atoms with Crippen molar-refractivity contribution in [1.29, 1.82) is 0 Å². The van der Waals surface area contributed by atoms with Crippen LogP contribution in [0.2, 0.25) is 0 Å². The first-order valence-electron chi connectivity index (χ1n) is 8.94. The lowest BCUT2D eigenvalue weighted by Gasteiger charge is -2.34. The van der Waals surface area contributed by atoms with Gasteiger partial charge in [-0.3, -0.25) is 0 Å². The van der Waals surface area contributed by atoms with Crippen molar-refractivity contribution >= 4 is 11.3 Å². The average molecular weight is 339 g/mol. The Bertz CT molecular complexity index is 914. The molecule has 0 spiro atoms. The second-order valence-electron chi connectivity index (χ2n) is 6.67. The van der Waals surface area contributed by atoms with Crippen LogP contribution in [0.5, 0.6) is 0 Å². The van der Waals surface area contributed by atoms with E-state index in [1.807, 2.05) is 18.2 Å². The number of hydrogen-bond donors (Lipinski definition) is 1. The van der Waals surface area contributed by atoms with E-state index in [0.717, 1.165) is 12.1 Å². The van der Waals surface area contributed by atoms with E-state index in [-0.39, 0.29) is 11.8 Å². The summed E-state index contributed by atoms with van der Waals surface area (Å²) in [5, 5.41) is 13.1. The van der Waals surface area contributed by atoms with Gasteiger partial charge >= 0.3 is 0 Å². The fraction of sp³-hybridized carbons (Fsp3) is 0.125. The molecule has 0 saturated heterocycles. The van der Waals surface area contributed by atoms with E-state index in [2.05, 4.69) is 84.0 Å². The van der Waals surface area contributed by atoms with E-state index in [1.165, 1.54) is 22.3 Å². The Morgan fingerprint density at radius 3 is 1.81 bits per heavy atom. The summed E-state index contributed by atoms with van der Waals surface area (Å²) in [4.78, 5) is 0. The van der Waals surface area contributed by atoms with Gasteiger partial charge in [-0.05, 0) is 28.3 Å². The minimum atomic E-state index is 0.214. The van der Waals surface area contributed by atoms with Crippen LogP contribution in [0.15, 0.2) is 102 Å². The minimum absolute atomic E-state index is 0.214. The highest BCUT2D eigenvalue weighted by atomic mass is 16.4. The maximum Gasteiger partial charge on any atom is 0.0805 e. The van der Waals surface area contributed by atoms with Gasteiger partial charge in [0.05, 0.1) is 5.71 Å². The highest BCUT2D eigenvalue weighted by Crippen LogP contribution is 2.47. The standard InChI is InChI=1S/C24H21NO/c26-25-21-16-22(18-10-4-1-5-11-18)24(20-14-8-3-9-15-20)23(17-21)19-12-6-2-7-13-19/h1-16,23-24,26H,17H2/b25-21+/t23-,24+/m1/s1. The summed E-state index contributed by atoms with van der Waals surface area (Å²) in [7, 11) is 0. The van der Waals surface area contributed by atoms with Crippen LogP contribution in [-0.2, 0) is 0 Å². The lowest BCUT2D eigenvalue weighted by molar-refractivity contribution is 0.317. The molecule has 1 aliphatic carbocycles.